The van der Waals surface area contributed by atoms with Crippen LogP contribution in [0.3, 0.4) is 0 Å². The summed E-state index contributed by atoms with van der Waals surface area (Å²) in [7, 11) is 0. The molecular weight excluding hydrogens is 372 g/mol. The van der Waals surface area contributed by atoms with E-state index in [1.54, 1.807) is 24.3 Å². The molecule has 8 nitrogen and oxygen atoms in total. The molecule has 1 rings (SSSR count). The van der Waals surface area contributed by atoms with Crippen LogP contribution in [0.4, 0.5) is 0 Å². The van der Waals surface area contributed by atoms with Crippen molar-refractivity contribution in [1.29, 1.82) is 0 Å². The number of benzene rings is 1. The number of amides is 1. The minimum absolute atomic E-state index is 0.0318. The van der Waals surface area contributed by atoms with Gasteiger partial charge in [0.15, 0.2) is 0 Å². The van der Waals surface area contributed by atoms with Gasteiger partial charge in [0.25, 0.3) is 0 Å². The first-order valence-electron chi connectivity index (χ1n) is 8.47. The van der Waals surface area contributed by atoms with Crippen LogP contribution >= 0.6 is 11.8 Å². The predicted molar refractivity (Wildman–Crippen MR) is 102 cm³/mol. The van der Waals surface area contributed by atoms with Crippen LogP contribution in [-0.4, -0.2) is 59.8 Å². The predicted octanol–water partition coefficient (Wildman–Crippen LogP) is 0.606. The van der Waals surface area contributed by atoms with Gasteiger partial charge >= 0.3 is 11.9 Å². The van der Waals surface area contributed by atoms with Crippen LogP contribution in [0.5, 0.6) is 5.75 Å². The topological polar surface area (TPSA) is 128 Å². The number of hydrogen-bond donors (Lipinski definition) is 3. The molecule has 27 heavy (non-hydrogen) atoms. The van der Waals surface area contributed by atoms with Crippen LogP contribution in [0.25, 0.3) is 0 Å². The second-order valence-electron chi connectivity index (χ2n) is 5.89. The molecule has 0 aliphatic heterocycles. The van der Waals surface area contributed by atoms with Crippen LogP contribution < -0.4 is 11.1 Å². The molecule has 1 amide bonds. The molecule has 9 heteroatoms. The van der Waals surface area contributed by atoms with Gasteiger partial charge in [-0.25, -0.2) is 0 Å². The van der Waals surface area contributed by atoms with Crippen molar-refractivity contribution in [3.63, 3.8) is 0 Å². The number of ether oxygens (including phenoxy) is 2. The fourth-order valence-electron chi connectivity index (χ4n) is 2.09. The summed E-state index contributed by atoms with van der Waals surface area (Å²) < 4.78 is 9.93. The van der Waals surface area contributed by atoms with E-state index in [0.29, 0.717) is 24.5 Å². The highest BCUT2D eigenvalue weighted by molar-refractivity contribution is 7.99. The molecule has 2 atom stereocenters. The van der Waals surface area contributed by atoms with Gasteiger partial charge in [-0.05, 0) is 24.1 Å². The first-order chi connectivity index (χ1) is 12.8. The molecule has 0 saturated heterocycles. The van der Waals surface area contributed by atoms with Crippen LogP contribution in [-0.2, 0) is 30.3 Å². The van der Waals surface area contributed by atoms with Crippen molar-refractivity contribution in [1.82, 2.24) is 5.32 Å². The number of thioether (sulfide) groups is 1. The molecule has 1 aromatic rings. The maximum atomic E-state index is 12.0. The molecule has 0 spiro atoms. The van der Waals surface area contributed by atoms with E-state index in [0.717, 1.165) is 5.56 Å². The summed E-state index contributed by atoms with van der Waals surface area (Å²) in [5.41, 5.74) is 6.86. The van der Waals surface area contributed by atoms with Gasteiger partial charge < -0.3 is 25.6 Å². The van der Waals surface area contributed by atoms with Crippen LogP contribution in [0.2, 0.25) is 0 Å². The van der Waals surface area contributed by atoms with Crippen molar-refractivity contribution in [2.75, 3.05) is 24.7 Å². The quantitative estimate of drug-likeness (QED) is 0.463. The first kappa shape index (κ1) is 22.8. The van der Waals surface area contributed by atoms with Crippen molar-refractivity contribution in [2.45, 2.75) is 32.4 Å². The fraction of sp³-hybridized carbons (Fsp3) is 0.500. The largest absolute Gasteiger partial charge is 0.508 e. The van der Waals surface area contributed by atoms with Gasteiger partial charge in [0.2, 0.25) is 5.91 Å². The Balaban J connectivity index is 2.28. The van der Waals surface area contributed by atoms with Crippen LogP contribution in [0.1, 0.15) is 19.4 Å². The van der Waals surface area contributed by atoms with E-state index >= 15 is 0 Å². The molecule has 0 aliphatic carbocycles. The Kier molecular flexibility index (Phi) is 10.3. The highest BCUT2D eigenvalue weighted by Gasteiger charge is 2.17. The minimum atomic E-state index is -0.707. The Labute approximate surface area is 162 Å². The van der Waals surface area contributed by atoms with Gasteiger partial charge in [0.1, 0.15) is 18.5 Å². The lowest BCUT2D eigenvalue weighted by atomic mass is 10.1. The van der Waals surface area contributed by atoms with E-state index in [2.05, 4.69) is 5.32 Å². The number of carbonyl (C=O) groups excluding carboxylic acids is 3. The third kappa shape index (κ3) is 10.5. The smallest absolute Gasteiger partial charge is 0.303 e. The maximum Gasteiger partial charge on any atom is 0.303 e. The summed E-state index contributed by atoms with van der Waals surface area (Å²) in [6.07, 6.45) is 0.0455. The zero-order chi connectivity index (χ0) is 20.2. The molecule has 0 unspecified atom stereocenters. The van der Waals surface area contributed by atoms with E-state index in [4.69, 9.17) is 15.2 Å². The van der Waals surface area contributed by atoms with Crippen molar-refractivity contribution in [2.24, 2.45) is 5.73 Å². The lowest BCUT2D eigenvalue weighted by molar-refractivity contribution is -0.154. The van der Waals surface area contributed by atoms with E-state index in [9.17, 15) is 19.5 Å². The second-order valence-corrected chi connectivity index (χ2v) is 6.96. The number of hydrogen-bond acceptors (Lipinski definition) is 8. The molecule has 0 aliphatic rings. The zero-order valence-electron chi connectivity index (χ0n) is 15.5. The Bertz CT molecular complexity index is 623. The highest BCUT2D eigenvalue weighted by atomic mass is 32.2. The minimum Gasteiger partial charge on any atom is -0.508 e. The number of nitrogens with one attached hydrogen (secondary N) is 1. The van der Waals surface area contributed by atoms with E-state index in [1.807, 2.05) is 0 Å². The zero-order valence-corrected chi connectivity index (χ0v) is 16.3. The number of esters is 2. The molecule has 0 bridgehead atoms. The van der Waals surface area contributed by atoms with Gasteiger partial charge in [0.05, 0.1) is 6.04 Å². The normalized spacial score (nSPS) is 12.7. The number of aromatic hydroxyl groups is 1. The first-order valence-corrected chi connectivity index (χ1v) is 9.63. The molecule has 150 valence electrons. The van der Waals surface area contributed by atoms with Crippen molar-refractivity contribution >= 4 is 29.6 Å². The lowest BCUT2D eigenvalue weighted by Gasteiger charge is -2.17. The van der Waals surface area contributed by atoms with Gasteiger partial charge in [-0.15, -0.1) is 0 Å². The van der Waals surface area contributed by atoms with Crippen molar-refractivity contribution < 1.29 is 29.0 Å². The van der Waals surface area contributed by atoms with E-state index < -0.39 is 24.1 Å². The molecule has 1 aromatic carbocycles. The van der Waals surface area contributed by atoms with Crippen molar-refractivity contribution in [3.05, 3.63) is 29.8 Å². The van der Waals surface area contributed by atoms with Crippen molar-refractivity contribution in [3.8, 4) is 5.75 Å². The lowest BCUT2D eigenvalue weighted by Crippen LogP contribution is -2.43. The maximum absolute atomic E-state index is 12.0. The number of carbonyl (C=O) groups is 3. The molecule has 0 heterocycles. The van der Waals surface area contributed by atoms with Gasteiger partial charge in [-0.2, -0.15) is 11.8 Å². The standard InChI is InChI=1S/C18H26N2O6S/c1-12(21)25-9-16(26-13(2)22)10-27-11-17(19)18(24)20-8-7-14-3-5-15(23)6-4-14/h3-6,16-17,23H,7-11,19H2,1-2H3,(H,20,24)/t16-,17+/m1/s1. The summed E-state index contributed by atoms with van der Waals surface area (Å²) in [5, 5.41) is 12.0. The third-order valence-electron chi connectivity index (χ3n) is 3.39. The monoisotopic (exact) mass is 398 g/mol. The summed E-state index contributed by atoms with van der Waals surface area (Å²) in [6, 6.07) is 6.05. The number of phenolic OH excluding ortho intramolecular Hbond substituents is 1. The third-order valence-corrected chi connectivity index (χ3v) is 4.59. The Morgan fingerprint density at radius 1 is 1.15 bits per heavy atom. The SMILES string of the molecule is CC(=O)OC[C@H](CSC[C@H](N)C(=O)NCCc1ccc(O)cc1)OC(C)=O. The molecular formula is C18H26N2O6S. The average Bonchev–Trinajstić information content (AvgIpc) is 2.60. The number of phenols is 1. The van der Waals surface area contributed by atoms with E-state index in [1.165, 1.54) is 25.6 Å². The highest BCUT2D eigenvalue weighted by Crippen LogP contribution is 2.10. The fourth-order valence-corrected chi connectivity index (χ4v) is 3.06. The van der Waals surface area contributed by atoms with E-state index in [-0.39, 0.29) is 18.3 Å². The Morgan fingerprint density at radius 3 is 2.41 bits per heavy atom. The molecule has 0 saturated carbocycles. The van der Waals surface area contributed by atoms with Crippen LogP contribution in [0.15, 0.2) is 24.3 Å². The Hall–Kier alpha value is -2.26. The summed E-state index contributed by atoms with van der Waals surface area (Å²) in [5.74, 6) is -0.302. The van der Waals surface area contributed by atoms with Gasteiger partial charge in [-0.3, -0.25) is 14.4 Å². The molecule has 0 fully saturated rings. The molecule has 0 radical (unpaired) electrons. The summed E-state index contributed by atoms with van der Waals surface area (Å²) >= 11 is 1.34. The molecule has 0 aromatic heterocycles. The van der Waals surface area contributed by atoms with Gasteiger partial charge in [0, 0.05) is 31.9 Å². The Morgan fingerprint density at radius 2 is 1.81 bits per heavy atom. The number of nitrogens with two attached hydrogens (primary N) is 1. The van der Waals surface area contributed by atoms with Crippen LogP contribution in [0, 0.1) is 0 Å². The number of rotatable bonds is 11. The summed E-state index contributed by atoms with van der Waals surface area (Å²) in [4.78, 5) is 34.0. The summed E-state index contributed by atoms with van der Waals surface area (Å²) in [6.45, 7) is 2.95. The molecule has 4 N–H and O–H groups in total. The average molecular weight is 398 g/mol. The second kappa shape index (κ2) is 12.2. The van der Waals surface area contributed by atoms with Gasteiger partial charge in [-0.1, -0.05) is 12.1 Å².